The highest BCUT2D eigenvalue weighted by molar-refractivity contribution is 5.84. The minimum Gasteiger partial charge on any atom is -0.496 e. The van der Waals surface area contributed by atoms with E-state index >= 15 is 0 Å². The summed E-state index contributed by atoms with van der Waals surface area (Å²) in [5, 5.41) is 13.2. The number of carboxylic acid groups (broad SMARTS) is 1. The molecule has 2 aliphatic rings. The van der Waals surface area contributed by atoms with Gasteiger partial charge in [0.2, 0.25) is 0 Å². The number of nitrogens with one attached hydrogen (secondary N) is 1. The zero-order valence-corrected chi connectivity index (χ0v) is 10.3. The van der Waals surface area contributed by atoms with Gasteiger partial charge in [-0.3, -0.25) is 4.79 Å². The van der Waals surface area contributed by atoms with E-state index in [-0.39, 0.29) is 6.04 Å². The number of methoxy groups -OCH3 is 1. The van der Waals surface area contributed by atoms with E-state index in [4.69, 9.17) is 4.74 Å². The van der Waals surface area contributed by atoms with E-state index in [2.05, 4.69) is 5.32 Å². The predicted octanol–water partition coefficient (Wildman–Crippen LogP) is 1.54. The zero-order chi connectivity index (χ0) is 12.8. The van der Waals surface area contributed by atoms with Crippen LogP contribution in [0.3, 0.4) is 0 Å². The summed E-state index contributed by atoms with van der Waals surface area (Å²) in [6, 6.07) is 7.83. The fourth-order valence-corrected chi connectivity index (χ4v) is 3.56. The Morgan fingerprint density at radius 1 is 1.44 bits per heavy atom. The van der Waals surface area contributed by atoms with Crippen molar-refractivity contribution < 1.29 is 14.6 Å². The summed E-state index contributed by atoms with van der Waals surface area (Å²) in [5.41, 5.74) is -0.0186. The summed E-state index contributed by atoms with van der Waals surface area (Å²) in [6.07, 6.45) is 2.66. The molecule has 0 aliphatic carbocycles. The van der Waals surface area contributed by atoms with E-state index in [0.717, 1.165) is 18.4 Å². The molecule has 2 fully saturated rings. The zero-order valence-electron chi connectivity index (χ0n) is 10.3. The van der Waals surface area contributed by atoms with Crippen molar-refractivity contribution in [2.45, 2.75) is 36.8 Å². The van der Waals surface area contributed by atoms with Crippen LogP contribution in [0, 0.1) is 0 Å². The lowest BCUT2D eigenvalue weighted by molar-refractivity contribution is -0.144. The first kappa shape index (κ1) is 11.5. The summed E-state index contributed by atoms with van der Waals surface area (Å²) in [5.74, 6) is -0.0686. The van der Waals surface area contributed by atoms with Gasteiger partial charge in [-0.1, -0.05) is 18.2 Å². The average molecular weight is 247 g/mol. The Kier molecular flexibility index (Phi) is 2.55. The molecule has 18 heavy (non-hydrogen) atoms. The minimum atomic E-state index is -0.824. The number of ether oxygens (including phenoxy) is 1. The molecule has 3 rings (SSSR count). The number of fused-ring (bicyclic) bond motifs is 2. The van der Waals surface area contributed by atoms with Crippen molar-refractivity contribution in [1.29, 1.82) is 0 Å². The van der Waals surface area contributed by atoms with Crippen LogP contribution in [0.4, 0.5) is 0 Å². The first-order chi connectivity index (χ1) is 8.68. The monoisotopic (exact) mass is 247 g/mol. The molecule has 2 heterocycles. The molecule has 4 nitrogen and oxygen atoms in total. The van der Waals surface area contributed by atoms with Gasteiger partial charge in [0, 0.05) is 17.6 Å². The third-order valence-corrected chi connectivity index (χ3v) is 4.37. The molecule has 2 N–H and O–H groups in total. The Hall–Kier alpha value is -1.55. The summed E-state index contributed by atoms with van der Waals surface area (Å²) in [6.45, 7) is 0. The quantitative estimate of drug-likeness (QED) is 0.850. The van der Waals surface area contributed by atoms with E-state index in [0.29, 0.717) is 18.2 Å². The number of hydrogen-bond acceptors (Lipinski definition) is 3. The van der Waals surface area contributed by atoms with Crippen molar-refractivity contribution in [3.05, 3.63) is 29.8 Å². The highest BCUT2D eigenvalue weighted by Gasteiger charge is 2.57. The normalized spacial score (nSPS) is 33.6. The first-order valence-electron chi connectivity index (χ1n) is 6.31. The maximum Gasteiger partial charge on any atom is 0.315 e. The largest absolute Gasteiger partial charge is 0.496 e. The average Bonchev–Trinajstić information content (AvgIpc) is 2.99. The van der Waals surface area contributed by atoms with Gasteiger partial charge in [-0.2, -0.15) is 0 Å². The van der Waals surface area contributed by atoms with Crippen LogP contribution in [-0.2, 0) is 10.2 Å². The SMILES string of the molecule is COc1ccccc1C1(C(=O)O)CC2CCC1N2. The second kappa shape index (κ2) is 3.99. The van der Waals surface area contributed by atoms with Crippen LogP contribution in [0.5, 0.6) is 5.75 Å². The highest BCUT2D eigenvalue weighted by atomic mass is 16.5. The van der Waals surface area contributed by atoms with Gasteiger partial charge in [-0.05, 0) is 25.3 Å². The van der Waals surface area contributed by atoms with Crippen LogP contribution >= 0.6 is 0 Å². The van der Waals surface area contributed by atoms with Gasteiger partial charge in [0.15, 0.2) is 0 Å². The summed E-state index contributed by atoms with van der Waals surface area (Å²) in [7, 11) is 1.59. The standard InChI is InChI=1S/C14H17NO3/c1-18-11-5-3-2-4-10(11)14(13(16)17)8-9-6-7-12(14)15-9/h2-5,9,12,15H,6-8H2,1H3,(H,16,17). The number of carbonyl (C=O) groups is 1. The number of hydrogen-bond donors (Lipinski definition) is 2. The fraction of sp³-hybridized carbons (Fsp3) is 0.500. The third kappa shape index (κ3) is 1.38. The van der Waals surface area contributed by atoms with Crippen molar-refractivity contribution in [2.24, 2.45) is 0 Å². The molecule has 0 radical (unpaired) electrons. The van der Waals surface area contributed by atoms with Crippen molar-refractivity contribution in [3.63, 3.8) is 0 Å². The first-order valence-corrected chi connectivity index (χ1v) is 6.31. The van der Waals surface area contributed by atoms with Gasteiger partial charge in [-0.25, -0.2) is 0 Å². The summed E-state index contributed by atoms with van der Waals surface area (Å²) >= 11 is 0. The van der Waals surface area contributed by atoms with Gasteiger partial charge in [0.25, 0.3) is 0 Å². The molecule has 0 aromatic heterocycles. The Morgan fingerprint density at radius 2 is 2.22 bits per heavy atom. The molecule has 4 heteroatoms. The smallest absolute Gasteiger partial charge is 0.315 e. The molecular weight excluding hydrogens is 230 g/mol. The van der Waals surface area contributed by atoms with Crippen LogP contribution in [0.25, 0.3) is 0 Å². The van der Waals surface area contributed by atoms with E-state index in [1.165, 1.54) is 0 Å². The molecule has 96 valence electrons. The van der Waals surface area contributed by atoms with Crippen LogP contribution < -0.4 is 10.1 Å². The molecule has 2 saturated heterocycles. The summed E-state index contributed by atoms with van der Waals surface area (Å²) < 4.78 is 5.35. The molecule has 1 aromatic carbocycles. The molecule has 3 atom stereocenters. The lowest BCUT2D eigenvalue weighted by Crippen LogP contribution is -2.46. The maximum atomic E-state index is 11.9. The second-order valence-electron chi connectivity index (χ2n) is 5.17. The Bertz CT molecular complexity index is 488. The van der Waals surface area contributed by atoms with E-state index < -0.39 is 11.4 Å². The van der Waals surface area contributed by atoms with Crippen LogP contribution in [0.2, 0.25) is 0 Å². The molecule has 3 unspecified atom stereocenters. The Balaban J connectivity index is 2.13. The fourth-order valence-electron chi connectivity index (χ4n) is 3.56. The van der Waals surface area contributed by atoms with Crippen molar-refractivity contribution in [3.8, 4) is 5.75 Å². The van der Waals surface area contributed by atoms with Crippen LogP contribution in [-0.4, -0.2) is 30.3 Å². The lowest BCUT2D eigenvalue weighted by atomic mass is 9.69. The van der Waals surface area contributed by atoms with E-state index in [1.54, 1.807) is 7.11 Å². The molecular formula is C14H17NO3. The number of rotatable bonds is 3. The topological polar surface area (TPSA) is 58.6 Å². The van der Waals surface area contributed by atoms with E-state index in [9.17, 15) is 9.90 Å². The molecule has 0 saturated carbocycles. The highest BCUT2D eigenvalue weighted by Crippen LogP contribution is 2.48. The molecule has 0 spiro atoms. The van der Waals surface area contributed by atoms with Gasteiger partial charge < -0.3 is 15.2 Å². The number of carboxylic acids is 1. The second-order valence-corrected chi connectivity index (χ2v) is 5.17. The Morgan fingerprint density at radius 3 is 2.78 bits per heavy atom. The maximum absolute atomic E-state index is 11.9. The van der Waals surface area contributed by atoms with Gasteiger partial charge in [0.1, 0.15) is 11.2 Å². The van der Waals surface area contributed by atoms with Crippen LogP contribution in [0.1, 0.15) is 24.8 Å². The molecule has 0 amide bonds. The number of benzene rings is 1. The van der Waals surface area contributed by atoms with Crippen molar-refractivity contribution in [2.75, 3.05) is 7.11 Å². The molecule has 2 aliphatic heterocycles. The van der Waals surface area contributed by atoms with Gasteiger partial charge in [-0.15, -0.1) is 0 Å². The van der Waals surface area contributed by atoms with Crippen LogP contribution in [0.15, 0.2) is 24.3 Å². The van der Waals surface area contributed by atoms with Gasteiger partial charge >= 0.3 is 5.97 Å². The van der Waals surface area contributed by atoms with E-state index in [1.807, 2.05) is 24.3 Å². The molecule has 1 aromatic rings. The minimum absolute atomic E-state index is 0.0244. The number of aliphatic carboxylic acids is 1. The summed E-state index contributed by atoms with van der Waals surface area (Å²) in [4.78, 5) is 11.9. The lowest BCUT2D eigenvalue weighted by Gasteiger charge is -2.33. The molecule has 2 bridgehead atoms. The van der Waals surface area contributed by atoms with Crippen molar-refractivity contribution >= 4 is 5.97 Å². The van der Waals surface area contributed by atoms with Crippen molar-refractivity contribution in [1.82, 2.24) is 5.32 Å². The predicted molar refractivity (Wildman–Crippen MR) is 66.9 cm³/mol. The number of para-hydroxylation sites is 1. The van der Waals surface area contributed by atoms with Gasteiger partial charge in [0.05, 0.1) is 7.11 Å². The Labute approximate surface area is 106 Å². The third-order valence-electron chi connectivity index (χ3n) is 4.37.